The number of anilines is 1. The highest BCUT2D eigenvalue weighted by Gasteiger charge is 2.04. The van der Waals surface area contributed by atoms with Crippen LogP contribution in [0, 0.1) is 0 Å². The van der Waals surface area contributed by atoms with Gasteiger partial charge in [0.1, 0.15) is 0 Å². The number of nitrogens with zero attached hydrogens (tertiary/aromatic N) is 2. The highest BCUT2D eigenvalue weighted by atomic mass is 15.1. The summed E-state index contributed by atoms with van der Waals surface area (Å²) in [6.07, 6.45) is 3.71. The fourth-order valence-electron chi connectivity index (χ4n) is 2.74. The van der Waals surface area contributed by atoms with E-state index in [4.69, 9.17) is 0 Å². The minimum Gasteiger partial charge on any atom is -0.378 e. The van der Waals surface area contributed by atoms with E-state index in [2.05, 4.69) is 56.9 Å². The maximum absolute atomic E-state index is 4.38. The molecule has 0 spiro atoms. The lowest BCUT2D eigenvalue weighted by atomic mass is 10.1. The maximum atomic E-state index is 4.38. The van der Waals surface area contributed by atoms with Crippen LogP contribution >= 0.6 is 0 Å². The first-order valence-corrected chi connectivity index (χ1v) is 8.22. The van der Waals surface area contributed by atoms with Crippen LogP contribution in [0.2, 0.25) is 0 Å². The molecule has 2 heterocycles. The predicted molar refractivity (Wildman–Crippen MR) is 101 cm³/mol. The van der Waals surface area contributed by atoms with Gasteiger partial charge >= 0.3 is 0 Å². The van der Waals surface area contributed by atoms with E-state index >= 15 is 0 Å². The summed E-state index contributed by atoms with van der Waals surface area (Å²) in [6, 6.07) is 24.6. The van der Waals surface area contributed by atoms with Crippen molar-refractivity contribution in [2.75, 3.05) is 5.32 Å². The first-order chi connectivity index (χ1) is 12.4. The average Bonchev–Trinajstić information content (AvgIpc) is 3.17. The fourth-order valence-corrected chi connectivity index (χ4v) is 2.74. The third-order valence-corrected chi connectivity index (χ3v) is 4.03. The van der Waals surface area contributed by atoms with Crippen LogP contribution in [-0.2, 0) is 6.54 Å². The second-order valence-corrected chi connectivity index (χ2v) is 5.82. The van der Waals surface area contributed by atoms with Crippen molar-refractivity contribution in [2.24, 2.45) is 0 Å². The van der Waals surface area contributed by atoms with E-state index in [1.807, 2.05) is 48.8 Å². The number of pyridine rings is 1. The average molecular weight is 326 g/mol. The summed E-state index contributed by atoms with van der Waals surface area (Å²) in [7, 11) is 0. The van der Waals surface area contributed by atoms with Crippen LogP contribution in [0.3, 0.4) is 0 Å². The number of hydrogen-bond acceptors (Lipinski definition) is 3. The molecule has 0 fully saturated rings. The van der Waals surface area contributed by atoms with E-state index in [9.17, 15) is 0 Å². The van der Waals surface area contributed by atoms with Crippen molar-refractivity contribution in [1.82, 2.24) is 15.2 Å². The molecule has 0 aliphatic heterocycles. The number of nitrogens with one attached hydrogen (secondary N) is 2. The molecular formula is C21H18N4. The Hall–Kier alpha value is -3.40. The lowest BCUT2D eigenvalue weighted by Crippen LogP contribution is -2.00. The van der Waals surface area contributed by atoms with Crippen molar-refractivity contribution in [3.8, 4) is 22.4 Å². The summed E-state index contributed by atoms with van der Waals surface area (Å²) in [5, 5.41) is 10.9. The molecule has 0 aliphatic carbocycles. The molecule has 0 saturated heterocycles. The summed E-state index contributed by atoms with van der Waals surface area (Å²) in [4.78, 5) is 4.34. The highest BCUT2D eigenvalue weighted by Crippen LogP contribution is 2.22. The Morgan fingerprint density at radius 2 is 1.48 bits per heavy atom. The molecule has 2 aromatic carbocycles. The van der Waals surface area contributed by atoms with Gasteiger partial charge in [-0.05, 0) is 23.3 Å². The third kappa shape index (κ3) is 3.58. The minimum absolute atomic E-state index is 0.642. The van der Waals surface area contributed by atoms with Gasteiger partial charge in [-0.25, -0.2) is 0 Å². The zero-order valence-corrected chi connectivity index (χ0v) is 13.7. The summed E-state index contributed by atoms with van der Waals surface area (Å²) >= 11 is 0. The first kappa shape index (κ1) is 15.1. The van der Waals surface area contributed by atoms with Gasteiger partial charge in [-0.3, -0.25) is 10.1 Å². The Morgan fingerprint density at radius 1 is 0.760 bits per heavy atom. The molecule has 122 valence electrons. The van der Waals surface area contributed by atoms with Gasteiger partial charge in [0.05, 0.1) is 23.6 Å². The quantitative estimate of drug-likeness (QED) is 0.556. The van der Waals surface area contributed by atoms with E-state index in [1.54, 1.807) is 0 Å². The Bertz CT molecular complexity index is 946. The summed E-state index contributed by atoms with van der Waals surface area (Å²) in [5.41, 5.74) is 6.35. The van der Waals surface area contributed by atoms with Crippen molar-refractivity contribution in [1.29, 1.82) is 0 Å². The van der Waals surface area contributed by atoms with Gasteiger partial charge in [-0.2, -0.15) is 5.10 Å². The molecule has 4 aromatic rings. The molecule has 0 atom stereocenters. The number of aromatic nitrogens is 3. The zero-order chi connectivity index (χ0) is 16.9. The maximum Gasteiger partial charge on any atom is 0.0819 e. The van der Waals surface area contributed by atoms with E-state index in [1.165, 1.54) is 0 Å². The van der Waals surface area contributed by atoms with Crippen LogP contribution < -0.4 is 5.32 Å². The van der Waals surface area contributed by atoms with Gasteiger partial charge < -0.3 is 5.32 Å². The van der Waals surface area contributed by atoms with Crippen LogP contribution in [0.5, 0.6) is 0 Å². The summed E-state index contributed by atoms with van der Waals surface area (Å²) < 4.78 is 0. The number of hydrogen-bond donors (Lipinski definition) is 2. The van der Waals surface area contributed by atoms with Crippen molar-refractivity contribution in [2.45, 2.75) is 6.54 Å². The number of rotatable bonds is 5. The monoisotopic (exact) mass is 326 g/mol. The molecule has 2 N–H and O–H groups in total. The van der Waals surface area contributed by atoms with Gasteiger partial charge in [-0.15, -0.1) is 0 Å². The smallest absolute Gasteiger partial charge is 0.0819 e. The lowest BCUT2D eigenvalue weighted by molar-refractivity contribution is 0.982. The lowest BCUT2D eigenvalue weighted by Gasteiger charge is -2.06. The molecule has 0 saturated carbocycles. The summed E-state index contributed by atoms with van der Waals surface area (Å²) in [5.74, 6) is 0. The van der Waals surface area contributed by atoms with Crippen molar-refractivity contribution in [3.05, 3.63) is 90.9 Å². The molecule has 25 heavy (non-hydrogen) atoms. The van der Waals surface area contributed by atoms with Crippen LogP contribution in [0.1, 0.15) is 5.69 Å². The Balaban J connectivity index is 1.46. The predicted octanol–water partition coefficient (Wildman–Crippen LogP) is 4.75. The Labute approximate surface area is 146 Å². The van der Waals surface area contributed by atoms with Gasteiger partial charge in [0.15, 0.2) is 0 Å². The molecule has 0 radical (unpaired) electrons. The van der Waals surface area contributed by atoms with Crippen LogP contribution in [0.25, 0.3) is 22.4 Å². The van der Waals surface area contributed by atoms with E-state index < -0.39 is 0 Å². The largest absolute Gasteiger partial charge is 0.378 e. The Kier molecular flexibility index (Phi) is 4.25. The number of H-pyrrole nitrogens is 1. The van der Waals surface area contributed by atoms with E-state index in [-0.39, 0.29) is 0 Å². The van der Waals surface area contributed by atoms with Crippen LogP contribution in [0.15, 0.2) is 85.2 Å². The second-order valence-electron chi connectivity index (χ2n) is 5.82. The van der Waals surface area contributed by atoms with Gasteiger partial charge in [-0.1, -0.05) is 60.7 Å². The minimum atomic E-state index is 0.642. The normalized spacial score (nSPS) is 10.6. The zero-order valence-electron chi connectivity index (χ0n) is 13.7. The van der Waals surface area contributed by atoms with Crippen molar-refractivity contribution in [3.63, 3.8) is 0 Å². The Morgan fingerprint density at radius 3 is 2.24 bits per heavy atom. The molecular weight excluding hydrogens is 308 g/mol. The fraction of sp³-hybridized carbons (Fsp3) is 0.0476. The van der Waals surface area contributed by atoms with Gasteiger partial charge in [0, 0.05) is 18.0 Å². The van der Waals surface area contributed by atoms with Crippen LogP contribution in [0.4, 0.5) is 5.69 Å². The van der Waals surface area contributed by atoms with Crippen LogP contribution in [-0.4, -0.2) is 15.2 Å². The molecule has 0 unspecified atom stereocenters. The molecule has 4 rings (SSSR count). The van der Waals surface area contributed by atoms with Crippen molar-refractivity contribution < 1.29 is 0 Å². The SMILES string of the molecule is c1ccc(-c2cncc(NCc3cc(-c4ccccc4)[nH]n3)c2)cc1. The molecule has 2 aromatic heterocycles. The third-order valence-electron chi connectivity index (χ3n) is 4.03. The molecule has 0 bridgehead atoms. The molecule has 4 nitrogen and oxygen atoms in total. The number of benzene rings is 2. The van der Waals surface area contributed by atoms with Gasteiger partial charge in [0.25, 0.3) is 0 Å². The number of aromatic amines is 1. The van der Waals surface area contributed by atoms with E-state index in [0.717, 1.165) is 33.8 Å². The second kappa shape index (κ2) is 7.01. The van der Waals surface area contributed by atoms with E-state index in [0.29, 0.717) is 6.54 Å². The molecule has 4 heteroatoms. The first-order valence-electron chi connectivity index (χ1n) is 8.22. The van der Waals surface area contributed by atoms with Gasteiger partial charge in [0.2, 0.25) is 0 Å². The molecule has 0 amide bonds. The highest BCUT2D eigenvalue weighted by molar-refractivity contribution is 5.66. The topological polar surface area (TPSA) is 53.6 Å². The standard InChI is InChI=1S/C21H18N4/c1-3-7-16(8-4-1)18-11-19(14-22-13-18)23-15-20-12-21(25-24-20)17-9-5-2-6-10-17/h1-14,23H,15H2,(H,24,25). The van der Waals surface area contributed by atoms with Crippen molar-refractivity contribution >= 4 is 5.69 Å². The summed E-state index contributed by atoms with van der Waals surface area (Å²) in [6.45, 7) is 0.642. The molecule has 0 aliphatic rings.